The van der Waals surface area contributed by atoms with E-state index >= 15 is 0 Å². The molecule has 2 heteroatoms. The fourth-order valence-corrected chi connectivity index (χ4v) is 0.778. The van der Waals surface area contributed by atoms with E-state index in [2.05, 4.69) is 0 Å². The first-order valence-electron chi connectivity index (χ1n) is 4.29. The normalized spacial score (nSPS) is 17.4. The number of rotatable bonds is 4. The van der Waals surface area contributed by atoms with Gasteiger partial charge in [-0.05, 0) is 25.7 Å². The second-order valence-electron chi connectivity index (χ2n) is 2.96. The molecule has 66 valence electrons. The average Bonchev–Trinajstić information content (AvgIpc) is 2.84. The molecule has 0 aromatic rings. The van der Waals surface area contributed by atoms with Crippen LogP contribution in [0.1, 0.15) is 19.8 Å². The summed E-state index contributed by atoms with van der Waals surface area (Å²) in [7, 11) is 0. The molecule has 1 rings (SSSR count). The fraction of sp³-hybridized carbons (Fsp3) is 0.500. The van der Waals surface area contributed by atoms with E-state index in [0.717, 1.165) is 0 Å². The molecule has 0 atom stereocenters. The highest BCUT2D eigenvalue weighted by atomic mass is 16.5. The van der Waals surface area contributed by atoms with Crippen LogP contribution in [0, 0.1) is 5.92 Å². The van der Waals surface area contributed by atoms with Crippen molar-refractivity contribution in [3.63, 3.8) is 0 Å². The molecule has 2 nitrogen and oxygen atoms in total. The van der Waals surface area contributed by atoms with Crippen LogP contribution >= 0.6 is 0 Å². The molecule has 1 fully saturated rings. The summed E-state index contributed by atoms with van der Waals surface area (Å²) in [6.45, 7) is 2.50. The highest BCUT2D eigenvalue weighted by Crippen LogP contribution is 2.28. The molecule has 0 amide bonds. The molecular formula is C10H14O2. The Morgan fingerprint density at radius 2 is 2.25 bits per heavy atom. The molecular weight excluding hydrogens is 152 g/mol. The van der Waals surface area contributed by atoms with Crippen molar-refractivity contribution in [2.24, 2.45) is 5.92 Å². The SMILES string of the molecule is CC=CC=CC(=O)OCC1CC1. The Bertz CT molecular complexity index is 200. The largest absolute Gasteiger partial charge is 0.462 e. The van der Waals surface area contributed by atoms with E-state index in [1.54, 1.807) is 12.2 Å². The van der Waals surface area contributed by atoms with Gasteiger partial charge in [0.05, 0.1) is 6.61 Å². The second kappa shape index (κ2) is 4.75. The summed E-state index contributed by atoms with van der Waals surface area (Å²) in [5, 5.41) is 0. The second-order valence-corrected chi connectivity index (χ2v) is 2.96. The van der Waals surface area contributed by atoms with Gasteiger partial charge in [0.25, 0.3) is 0 Å². The van der Waals surface area contributed by atoms with Gasteiger partial charge in [-0.3, -0.25) is 0 Å². The van der Waals surface area contributed by atoms with Gasteiger partial charge in [0.15, 0.2) is 0 Å². The Hall–Kier alpha value is -1.05. The van der Waals surface area contributed by atoms with Crippen LogP contribution < -0.4 is 0 Å². The van der Waals surface area contributed by atoms with Crippen molar-refractivity contribution in [1.82, 2.24) is 0 Å². The topological polar surface area (TPSA) is 26.3 Å². The van der Waals surface area contributed by atoms with Gasteiger partial charge >= 0.3 is 5.97 Å². The lowest BCUT2D eigenvalue weighted by Gasteiger charge is -1.97. The van der Waals surface area contributed by atoms with Gasteiger partial charge in [0, 0.05) is 6.08 Å². The first-order valence-corrected chi connectivity index (χ1v) is 4.29. The van der Waals surface area contributed by atoms with E-state index in [1.165, 1.54) is 18.9 Å². The van der Waals surface area contributed by atoms with Crippen molar-refractivity contribution in [1.29, 1.82) is 0 Å². The minimum atomic E-state index is -0.236. The molecule has 0 aliphatic heterocycles. The molecule has 0 spiro atoms. The Kier molecular flexibility index (Phi) is 3.58. The van der Waals surface area contributed by atoms with Gasteiger partial charge in [-0.25, -0.2) is 4.79 Å². The Labute approximate surface area is 72.9 Å². The van der Waals surface area contributed by atoms with Crippen molar-refractivity contribution in [2.45, 2.75) is 19.8 Å². The number of carbonyl (C=O) groups excluding carboxylic acids is 1. The van der Waals surface area contributed by atoms with E-state index in [-0.39, 0.29) is 5.97 Å². The predicted molar refractivity (Wildman–Crippen MR) is 47.6 cm³/mol. The summed E-state index contributed by atoms with van der Waals surface area (Å²) in [5.41, 5.74) is 0. The maximum Gasteiger partial charge on any atom is 0.330 e. The Morgan fingerprint density at radius 1 is 1.50 bits per heavy atom. The van der Waals surface area contributed by atoms with Crippen LogP contribution in [-0.4, -0.2) is 12.6 Å². The third kappa shape index (κ3) is 3.96. The number of hydrogen-bond acceptors (Lipinski definition) is 2. The third-order valence-corrected chi connectivity index (χ3v) is 1.69. The molecule has 0 unspecified atom stereocenters. The van der Waals surface area contributed by atoms with Crippen LogP contribution in [0.3, 0.4) is 0 Å². The summed E-state index contributed by atoms with van der Waals surface area (Å²) < 4.78 is 4.95. The Balaban J connectivity index is 2.09. The first kappa shape index (κ1) is 9.04. The highest BCUT2D eigenvalue weighted by molar-refractivity contribution is 5.82. The van der Waals surface area contributed by atoms with Crippen LogP contribution in [0.2, 0.25) is 0 Å². The molecule has 12 heavy (non-hydrogen) atoms. The van der Waals surface area contributed by atoms with Crippen LogP contribution in [0.15, 0.2) is 24.3 Å². The first-order chi connectivity index (χ1) is 5.83. The number of allylic oxidation sites excluding steroid dienone is 3. The van der Waals surface area contributed by atoms with Crippen molar-refractivity contribution in [3.05, 3.63) is 24.3 Å². The van der Waals surface area contributed by atoms with Crippen LogP contribution in [0.25, 0.3) is 0 Å². The summed E-state index contributed by atoms with van der Waals surface area (Å²) >= 11 is 0. The standard InChI is InChI=1S/C10H14O2/c1-2-3-4-5-10(11)12-8-9-6-7-9/h2-5,9H,6-8H2,1H3. The summed E-state index contributed by atoms with van der Waals surface area (Å²) in [6, 6.07) is 0. The lowest BCUT2D eigenvalue weighted by molar-refractivity contribution is -0.138. The van der Waals surface area contributed by atoms with Crippen LogP contribution in [-0.2, 0) is 9.53 Å². The van der Waals surface area contributed by atoms with Crippen molar-refractivity contribution >= 4 is 5.97 Å². The molecule has 0 radical (unpaired) electrons. The summed E-state index contributed by atoms with van der Waals surface area (Å²) in [5.74, 6) is 0.407. The maximum absolute atomic E-state index is 10.9. The van der Waals surface area contributed by atoms with E-state index in [1.807, 2.05) is 13.0 Å². The lowest BCUT2D eigenvalue weighted by Crippen LogP contribution is -2.03. The number of ether oxygens (including phenoxy) is 1. The van der Waals surface area contributed by atoms with Gasteiger partial charge in [-0.15, -0.1) is 0 Å². The van der Waals surface area contributed by atoms with E-state index < -0.39 is 0 Å². The van der Waals surface area contributed by atoms with Crippen LogP contribution in [0.4, 0.5) is 0 Å². The van der Waals surface area contributed by atoms with E-state index in [0.29, 0.717) is 12.5 Å². The van der Waals surface area contributed by atoms with Gasteiger partial charge in [-0.2, -0.15) is 0 Å². The molecule has 1 saturated carbocycles. The minimum Gasteiger partial charge on any atom is -0.462 e. The molecule has 0 aromatic heterocycles. The van der Waals surface area contributed by atoms with Crippen molar-refractivity contribution < 1.29 is 9.53 Å². The molecule has 0 bridgehead atoms. The van der Waals surface area contributed by atoms with Gasteiger partial charge < -0.3 is 4.74 Å². The highest BCUT2D eigenvalue weighted by Gasteiger charge is 2.22. The third-order valence-electron chi connectivity index (χ3n) is 1.69. The maximum atomic E-state index is 10.9. The zero-order chi connectivity index (χ0) is 8.81. The van der Waals surface area contributed by atoms with Gasteiger partial charge in [0.1, 0.15) is 0 Å². The molecule has 1 aliphatic rings. The summed E-state index contributed by atoms with van der Waals surface area (Å²) in [6.07, 6.45) is 9.23. The molecule has 0 heterocycles. The van der Waals surface area contributed by atoms with Gasteiger partial charge in [0.2, 0.25) is 0 Å². The number of carbonyl (C=O) groups is 1. The number of hydrogen-bond donors (Lipinski definition) is 0. The van der Waals surface area contributed by atoms with E-state index in [9.17, 15) is 4.79 Å². The zero-order valence-electron chi connectivity index (χ0n) is 7.32. The van der Waals surface area contributed by atoms with Crippen LogP contribution in [0.5, 0.6) is 0 Å². The smallest absolute Gasteiger partial charge is 0.330 e. The minimum absolute atomic E-state index is 0.236. The quantitative estimate of drug-likeness (QED) is 0.363. The number of esters is 1. The molecule has 0 aromatic carbocycles. The predicted octanol–water partition coefficient (Wildman–Crippen LogP) is 2.07. The summed E-state index contributed by atoms with van der Waals surface area (Å²) in [4.78, 5) is 10.9. The van der Waals surface area contributed by atoms with Gasteiger partial charge in [-0.1, -0.05) is 18.2 Å². The zero-order valence-corrected chi connectivity index (χ0v) is 7.32. The monoisotopic (exact) mass is 166 g/mol. The average molecular weight is 166 g/mol. The molecule has 0 saturated heterocycles. The molecule has 1 aliphatic carbocycles. The Morgan fingerprint density at radius 3 is 2.83 bits per heavy atom. The fourth-order valence-electron chi connectivity index (χ4n) is 0.778. The van der Waals surface area contributed by atoms with E-state index in [4.69, 9.17) is 4.74 Å². The lowest BCUT2D eigenvalue weighted by atomic mass is 10.4. The van der Waals surface area contributed by atoms with Crippen molar-refractivity contribution in [3.8, 4) is 0 Å². The molecule has 0 N–H and O–H groups in total. The van der Waals surface area contributed by atoms with Crippen molar-refractivity contribution in [2.75, 3.05) is 6.61 Å².